The number of halogens is 1. The van der Waals surface area contributed by atoms with Gasteiger partial charge in [0.05, 0.1) is 5.92 Å². The Morgan fingerprint density at radius 1 is 1.06 bits per heavy atom. The molecule has 4 rings (SSSR count). The summed E-state index contributed by atoms with van der Waals surface area (Å²) in [5.74, 6) is 0.636. The topological polar surface area (TPSA) is 90.5 Å². The lowest BCUT2D eigenvalue weighted by Crippen LogP contribution is -2.28. The third-order valence-corrected chi connectivity index (χ3v) is 5.59. The van der Waals surface area contributed by atoms with E-state index in [-0.39, 0.29) is 18.2 Å². The van der Waals surface area contributed by atoms with Crippen LogP contribution in [0, 0.1) is 12.8 Å². The summed E-state index contributed by atoms with van der Waals surface area (Å²) in [6, 6.07) is 16.2. The highest BCUT2D eigenvalue weighted by Gasteiger charge is 2.35. The molecule has 0 spiro atoms. The molecule has 0 aliphatic carbocycles. The van der Waals surface area contributed by atoms with E-state index in [1.165, 1.54) is 0 Å². The lowest BCUT2D eigenvalue weighted by Gasteiger charge is -2.17. The van der Waals surface area contributed by atoms with Crippen molar-refractivity contribution < 1.29 is 9.59 Å². The molecule has 1 aliphatic heterocycles. The van der Waals surface area contributed by atoms with Gasteiger partial charge < -0.3 is 20.4 Å². The van der Waals surface area contributed by atoms with E-state index >= 15 is 0 Å². The lowest BCUT2D eigenvalue weighted by atomic mass is 10.1. The summed E-state index contributed by atoms with van der Waals surface area (Å²) in [6.07, 6.45) is 0.174. The molecule has 0 bridgehead atoms. The minimum atomic E-state index is -0.420. The maximum Gasteiger partial charge on any atom is 0.229 e. The van der Waals surface area contributed by atoms with Crippen LogP contribution in [0.25, 0.3) is 0 Å². The van der Waals surface area contributed by atoms with E-state index in [9.17, 15) is 9.59 Å². The average molecular weight is 465 g/mol. The molecule has 2 amide bonds. The molecule has 8 nitrogen and oxygen atoms in total. The summed E-state index contributed by atoms with van der Waals surface area (Å²) < 4.78 is 0. The van der Waals surface area contributed by atoms with Crippen molar-refractivity contribution in [1.29, 1.82) is 0 Å². The Morgan fingerprint density at radius 3 is 2.39 bits per heavy atom. The van der Waals surface area contributed by atoms with Gasteiger partial charge in [0.1, 0.15) is 5.82 Å². The van der Waals surface area contributed by atoms with E-state index in [1.807, 2.05) is 44.1 Å². The van der Waals surface area contributed by atoms with E-state index < -0.39 is 5.92 Å². The highest BCUT2D eigenvalue weighted by molar-refractivity contribution is 6.30. The third kappa shape index (κ3) is 5.40. The number of amides is 2. The molecule has 0 radical (unpaired) electrons. The van der Waals surface area contributed by atoms with Crippen molar-refractivity contribution in [3.8, 4) is 0 Å². The van der Waals surface area contributed by atoms with Gasteiger partial charge in [-0.05, 0) is 55.5 Å². The second kappa shape index (κ2) is 9.46. The smallest absolute Gasteiger partial charge is 0.229 e. The van der Waals surface area contributed by atoms with Gasteiger partial charge >= 0.3 is 0 Å². The largest absolute Gasteiger partial charge is 0.363 e. The number of carbonyl (C=O) groups excluding carboxylic acids is 2. The highest BCUT2D eigenvalue weighted by Crippen LogP contribution is 2.27. The quantitative estimate of drug-likeness (QED) is 0.567. The van der Waals surface area contributed by atoms with Crippen molar-refractivity contribution in [1.82, 2.24) is 9.97 Å². The Bertz CT molecular complexity index is 1160. The molecule has 1 saturated heterocycles. The van der Waals surface area contributed by atoms with Crippen molar-refractivity contribution in [3.63, 3.8) is 0 Å². The van der Waals surface area contributed by atoms with Gasteiger partial charge in [-0.3, -0.25) is 9.59 Å². The van der Waals surface area contributed by atoms with Gasteiger partial charge in [-0.1, -0.05) is 11.6 Å². The van der Waals surface area contributed by atoms with E-state index in [0.717, 1.165) is 22.9 Å². The molecule has 9 heteroatoms. The van der Waals surface area contributed by atoms with Crippen molar-refractivity contribution in [2.45, 2.75) is 13.3 Å². The number of benzene rings is 2. The van der Waals surface area contributed by atoms with Crippen LogP contribution in [-0.4, -0.2) is 42.4 Å². The zero-order valence-corrected chi connectivity index (χ0v) is 19.4. The Kier molecular flexibility index (Phi) is 6.46. The monoisotopic (exact) mass is 464 g/mol. The third-order valence-electron chi connectivity index (χ3n) is 5.34. The van der Waals surface area contributed by atoms with E-state index in [1.54, 1.807) is 41.3 Å². The van der Waals surface area contributed by atoms with Crippen molar-refractivity contribution in [2.24, 2.45) is 5.92 Å². The minimum Gasteiger partial charge on any atom is -0.363 e. The van der Waals surface area contributed by atoms with Gasteiger partial charge in [-0.25, -0.2) is 4.98 Å². The zero-order valence-electron chi connectivity index (χ0n) is 18.7. The molecular weight excluding hydrogens is 440 g/mol. The standard InChI is InChI=1S/C24H25ClN6O2/c1-15-12-21(30(2)3)29-24(26-15)28-19-8-6-18(7-9-19)27-23(33)16-13-22(32)31(14-16)20-10-4-17(25)5-11-20/h4-12,16H,13-14H2,1-3H3,(H,27,33)(H,26,28,29)/t16-/m0/s1. The number of aromatic nitrogens is 2. The minimum absolute atomic E-state index is 0.0766. The molecule has 2 N–H and O–H groups in total. The fraction of sp³-hybridized carbons (Fsp3) is 0.250. The van der Waals surface area contributed by atoms with Crippen LogP contribution in [0.15, 0.2) is 54.6 Å². The van der Waals surface area contributed by atoms with Gasteiger partial charge in [0.2, 0.25) is 17.8 Å². The van der Waals surface area contributed by atoms with Crippen LogP contribution in [0.3, 0.4) is 0 Å². The molecule has 0 saturated carbocycles. The van der Waals surface area contributed by atoms with Crippen LogP contribution in [-0.2, 0) is 9.59 Å². The van der Waals surface area contributed by atoms with Gasteiger partial charge in [-0.2, -0.15) is 4.98 Å². The van der Waals surface area contributed by atoms with E-state index in [4.69, 9.17) is 11.6 Å². The zero-order chi connectivity index (χ0) is 23.5. The van der Waals surface area contributed by atoms with Crippen LogP contribution < -0.4 is 20.4 Å². The van der Waals surface area contributed by atoms with Gasteiger partial charge in [0.15, 0.2) is 0 Å². The summed E-state index contributed by atoms with van der Waals surface area (Å²) in [6.45, 7) is 2.26. The summed E-state index contributed by atoms with van der Waals surface area (Å²) >= 11 is 5.93. The molecule has 2 aromatic carbocycles. The number of hydrogen-bond acceptors (Lipinski definition) is 6. The molecule has 170 valence electrons. The lowest BCUT2D eigenvalue weighted by molar-refractivity contribution is -0.122. The van der Waals surface area contributed by atoms with Gasteiger partial charge in [-0.15, -0.1) is 0 Å². The number of anilines is 5. The van der Waals surface area contributed by atoms with Crippen LogP contribution >= 0.6 is 11.6 Å². The first-order valence-electron chi connectivity index (χ1n) is 10.6. The highest BCUT2D eigenvalue weighted by atomic mass is 35.5. The summed E-state index contributed by atoms with van der Waals surface area (Å²) in [4.78, 5) is 37.6. The number of rotatable bonds is 6. The van der Waals surface area contributed by atoms with Crippen molar-refractivity contribution >= 4 is 52.2 Å². The number of hydrogen-bond donors (Lipinski definition) is 2. The Hall–Kier alpha value is -3.65. The first-order chi connectivity index (χ1) is 15.8. The molecule has 1 fully saturated rings. The Labute approximate surface area is 197 Å². The molecule has 1 aromatic heterocycles. The second-order valence-corrected chi connectivity index (χ2v) is 8.60. The number of nitrogens with one attached hydrogen (secondary N) is 2. The van der Waals surface area contributed by atoms with Gasteiger partial charge in [0, 0.05) is 60.9 Å². The first-order valence-corrected chi connectivity index (χ1v) is 10.9. The Morgan fingerprint density at radius 2 is 1.73 bits per heavy atom. The molecule has 1 aliphatic rings. The molecule has 2 heterocycles. The van der Waals surface area contributed by atoms with Crippen LogP contribution in [0.5, 0.6) is 0 Å². The Balaban J connectivity index is 1.38. The fourth-order valence-corrected chi connectivity index (χ4v) is 3.73. The van der Waals surface area contributed by atoms with Crippen LogP contribution in [0.1, 0.15) is 12.1 Å². The summed E-state index contributed by atoms with van der Waals surface area (Å²) in [7, 11) is 3.85. The van der Waals surface area contributed by atoms with Crippen LogP contribution in [0.4, 0.5) is 28.8 Å². The molecule has 33 heavy (non-hydrogen) atoms. The fourth-order valence-electron chi connectivity index (χ4n) is 3.60. The molecular formula is C24H25ClN6O2. The maximum atomic E-state index is 12.8. The van der Waals surface area contributed by atoms with Crippen molar-refractivity contribution in [2.75, 3.05) is 41.1 Å². The summed E-state index contributed by atoms with van der Waals surface area (Å²) in [5.41, 5.74) is 3.06. The average Bonchev–Trinajstić information content (AvgIpc) is 3.17. The first kappa shape index (κ1) is 22.5. The van der Waals surface area contributed by atoms with Crippen LogP contribution in [0.2, 0.25) is 5.02 Å². The van der Waals surface area contributed by atoms with E-state index in [0.29, 0.717) is 23.2 Å². The second-order valence-electron chi connectivity index (χ2n) is 8.16. The number of nitrogens with zero attached hydrogens (tertiary/aromatic N) is 4. The normalized spacial score (nSPS) is 15.5. The van der Waals surface area contributed by atoms with Crippen molar-refractivity contribution in [3.05, 3.63) is 65.3 Å². The van der Waals surface area contributed by atoms with Gasteiger partial charge in [0.25, 0.3) is 0 Å². The number of aryl methyl sites for hydroxylation is 1. The molecule has 3 aromatic rings. The predicted octanol–water partition coefficient (Wildman–Crippen LogP) is 4.24. The summed E-state index contributed by atoms with van der Waals surface area (Å²) in [5, 5.41) is 6.69. The molecule has 0 unspecified atom stereocenters. The molecule has 1 atom stereocenters. The van der Waals surface area contributed by atoms with E-state index in [2.05, 4.69) is 20.6 Å². The SMILES string of the molecule is Cc1cc(N(C)C)nc(Nc2ccc(NC(=O)[C@H]3CC(=O)N(c4ccc(Cl)cc4)C3)cc2)n1. The maximum absolute atomic E-state index is 12.8. The number of carbonyl (C=O) groups is 2. The predicted molar refractivity (Wildman–Crippen MR) is 131 cm³/mol.